The van der Waals surface area contributed by atoms with E-state index in [4.69, 9.17) is 16.3 Å². The molecule has 0 aliphatic carbocycles. The van der Waals surface area contributed by atoms with E-state index in [-0.39, 0.29) is 0 Å². The van der Waals surface area contributed by atoms with Gasteiger partial charge >= 0.3 is 0 Å². The summed E-state index contributed by atoms with van der Waals surface area (Å²) in [6, 6.07) is 8.17. The minimum absolute atomic E-state index is 0.499. The molecule has 0 spiro atoms. The Morgan fingerprint density at radius 2 is 1.89 bits per heavy atom. The van der Waals surface area contributed by atoms with Crippen molar-refractivity contribution in [1.29, 1.82) is 0 Å². The summed E-state index contributed by atoms with van der Waals surface area (Å²) >= 11 is 5.94. The fourth-order valence-corrected chi connectivity index (χ4v) is 2.14. The van der Waals surface area contributed by atoms with E-state index >= 15 is 0 Å². The van der Waals surface area contributed by atoms with Crippen molar-refractivity contribution >= 4 is 11.6 Å². The third-order valence-corrected chi connectivity index (χ3v) is 3.49. The van der Waals surface area contributed by atoms with E-state index in [2.05, 4.69) is 31.3 Å². The monoisotopic (exact) mass is 283 g/mol. The molecular weight excluding hydrogens is 258 g/mol. The van der Waals surface area contributed by atoms with Crippen LogP contribution in [0.4, 0.5) is 0 Å². The maximum atomic E-state index is 5.94. The van der Waals surface area contributed by atoms with Gasteiger partial charge in [0, 0.05) is 24.8 Å². The number of likely N-dealkylation sites (N-methyl/N-ethyl adjacent to an activating group) is 1. The fraction of sp³-hybridized carbons (Fsp3) is 0.625. The van der Waals surface area contributed by atoms with Crippen LogP contribution in [0.15, 0.2) is 24.3 Å². The minimum Gasteiger partial charge on any atom is -0.381 e. The number of benzene rings is 1. The quantitative estimate of drug-likeness (QED) is 0.649. The van der Waals surface area contributed by atoms with Crippen molar-refractivity contribution in [3.05, 3.63) is 34.9 Å². The highest BCUT2D eigenvalue weighted by atomic mass is 35.5. The third-order valence-electron chi connectivity index (χ3n) is 3.24. The molecule has 108 valence electrons. The van der Waals surface area contributed by atoms with Gasteiger partial charge < -0.3 is 10.1 Å². The standard InChI is InChI=1S/C16H26ClNO/c1-3-5-11-19-12-10-15(13-18-4-2)14-6-8-16(17)9-7-14/h6-9,15,18H,3-5,10-13H2,1-2H3. The van der Waals surface area contributed by atoms with Crippen LogP contribution in [0, 0.1) is 0 Å². The molecule has 1 aromatic rings. The Hall–Kier alpha value is -0.570. The Balaban J connectivity index is 2.44. The Morgan fingerprint density at radius 3 is 2.53 bits per heavy atom. The van der Waals surface area contributed by atoms with E-state index in [1.165, 1.54) is 12.0 Å². The molecule has 0 aromatic heterocycles. The topological polar surface area (TPSA) is 21.3 Å². The van der Waals surface area contributed by atoms with Gasteiger partial charge in [0.1, 0.15) is 0 Å². The van der Waals surface area contributed by atoms with Crippen molar-refractivity contribution in [2.75, 3.05) is 26.3 Å². The van der Waals surface area contributed by atoms with Crippen LogP contribution in [0.5, 0.6) is 0 Å². The number of hydrogen-bond donors (Lipinski definition) is 1. The summed E-state index contributed by atoms with van der Waals surface area (Å²) in [7, 11) is 0. The minimum atomic E-state index is 0.499. The summed E-state index contributed by atoms with van der Waals surface area (Å²) < 4.78 is 5.68. The van der Waals surface area contributed by atoms with Crippen LogP contribution in [0.2, 0.25) is 5.02 Å². The number of hydrogen-bond acceptors (Lipinski definition) is 2. The third kappa shape index (κ3) is 6.95. The van der Waals surface area contributed by atoms with Gasteiger partial charge in [0.05, 0.1) is 0 Å². The van der Waals surface area contributed by atoms with Gasteiger partial charge in [0.25, 0.3) is 0 Å². The van der Waals surface area contributed by atoms with E-state index in [0.29, 0.717) is 5.92 Å². The van der Waals surface area contributed by atoms with E-state index in [1.807, 2.05) is 12.1 Å². The normalized spacial score (nSPS) is 12.6. The van der Waals surface area contributed by atoms with Crippen LogP contribution in [0.1, 0.15) is 44.6 Å². The zero-order valence-electron chi connectivity index (χ0n) is 12.1. The smallest absolute Gasteiger partial charge is 0.0472 e. The highest BCUT2D eigenvalue weighted by Crippen LogP contribution is 2.21. The highest BCUT2D eigenvalue weighted by molar-refractivity contribution is 6.30. The van der Waals surface area contributed by atoms with Crippen LogP contribution < -0.4 is 5.32 Å². The molecule has 0 aliphatic rings. The number of unbranched alkanes of at least 4 members (excludes halogenated alkanes) is 1. The molecule has 1 unspecified atom stereocenters. The molecule has 19 heavy (non-hydrogen) atoms. The van der Waals surface area contributed by atoms with Gasteiger partial charge in [-0.3, -0.25) is 0 Å². The van der Waals surface area contributed by atoms with Crippen molar-refractivity contribution in [2.24, 2.45) is 0 Å². The van der Waals surface area contributed by atoms with Crippen LogP contribution in [-0.2, 0) is 4.74 Å². The van der Waals surface area contributed by atoms with E-state index < -0.39 is 0 Å². The second kappa shape index (κ2) is 10.2. The van der Waals surface area contributed by atoms with Gasteiger partial charge in [-0.1, -0.05) is 44.0 Å². The summed E-state index contributed by atoms with van der Waals surface area (Å²) in [4.78, 5) is 0. The second-order valence-corrected chi connectivity index (χ2v) is 5.25. The molecule has 1 aromatic carbocycles. The fourth-order valence-electron chi connectivity index (χ4n) is 2.01. The number of rotatable bonds is 10. The summed E-state index contributed by atoms with van der Waals surface area (Å²) in [5, 5.41) is 4.22. The molecule has 1 rings (SSSR count). The number of ether oxygens (including phenoxy) is 1. The lowest BCUT2D eigenvalue weighted by Crippen LogP contribution is -2.22. The lowest BCUT2D eigenvalue weighted by atomic mass is 9.96. The van der Waals surface area contributed by atoms with E-state index in [0.717, 1.165) is 44.2 Å². The Morgan fingerprint density at radius 1 is 1.16 bits per heavy atom. The first kappa shape index (κ1) is 16.5. The van der Waals surface area contributed by atoms with Crippen LogP contribution in [0.25, 0.3) is 0 Å². The summed E-state index contributed by atoms with van der Waals surface area (Å²) in [6.45, 7) is 8.03. The lowest BCUT2D eigenvalue weighted by molar-refractivity contribution is 0.124. The maximum absolute atomic E-state index is 5.94. The molecule has 2 nitrogen and oxygen atoms in total. The van der Waals surface area contributed by atoms with E-state index in [9.17, 15) is 0 Å². The highest BCUT2D eigenvalue weighted by Gasteiger charge is 2.10. The summed E-state index contributed by atoms with van der Waals surface area (Å²) in [5.41, 5.74) is 1.34. The molecule has 0 aliphatic heterocycles. The second-order valence-electron chi connectivity index (χ2n) is 4.81. The molecular formula is C16H26ClNO. The van der Waals surface area contributed by atoms with Gasteiger partial charge in [-0.25, -0.2) is 0 Å². The molecule has 0 amide bonds. The first-order valence-corrected chi connectivity index (χ1v) is 7.69. The van der Waals surface area contributed by atoms with Crippen molar-refractivity contribution < 1.29 is 4.74 Å². The van der Waals surface area contributed by atoms with Crippen LogP contribution >= 0.6 is 11.6 Å². The number of halogens is 1. The van der Waals surface area contributed by atoms with Crippen molar-refractivity contribution in [1.82, 2.24) is 5.32 Å². The Bertz CT molecular complexity index is 326. The van der Waals surface area contributed by atoms with Gasteiger partial charge in [0.15, 0.2) is 0 Å². The predicted molar refractivity (Wildman–Crippen MR) is 83.1 cm³/mol. The van der Waals surface area contributed by atoms with Crippen molar-refractivity contribution in [2.45, 2.75) is 39.0 Å². The summed E-state index contributed by atoms with van der Waals surface area (Å²) in [6.07, 6.45) is 3.40. The molecule has 0 saturated heterocycles. The van der Waals surface area contributed by atoms with Gasteiger partial charge in [0.2, 0.25) is 0 Å². The number of nitrogens with one attached hydrogen (secondary N) is 1. The van der Waals surface area contributed by atoms with Gasteiger partial charge in [-0.2, -0.15) is 0 Å². The molecule has 1 atom stereocenters. The first-order chi connectivity index (χ1) is 9.27. The lowest BCUT2D eigenvalue weighted by Gasteiger charge is -2.18. The Labute approximate surface area is 122 Å². The van der Waals surface area contributed by atoms with E-state index in [1.54, 1.807) is 0 Å². The average molecular weight is 284 g/mol. The maximum Gasteiger partial charge on any atom is 0.0472 e. The van der Waals surface area contributed by atoms with Crippen LogP contribution in [-0.4, -0.2) is 26.3 Å². The molecule has 0 radical (unpaired) electrons. The Kier molecular flexibility index (Phi) is 8.89. The molecule has 3 heteroatoms. The molecule has 0 heterocycles. The average Bonchev–Trinajstić information content (AvgIpc) is 2.43. The van der Waals surface area contributed by atoms with Crippen molar-refractivity contribution in [3.8, 4) is 0 Å². The molecule has 0 saturated carbocycles. The van der Waals surface area contributed by atoms with Gasteiger partial charge in [-0.05, 0) is 43.0 Å². The van der Waals surface area contributed by atoms with Gasteiger partial charge in [-0.15, -0.1) is 0 Å². The first-order valence-electron chi connectivity index (χ1n) is 7.31. The summed E-state index contributed by atoms with van der Waals surface area (Å²) in [5.74, 6) is 0.499. The van der Waals surface area contributed by atoms with Crippen molar-refractivity contribution in [3.63, 3.8) is 0 Å². The zero-order valence-corrected chi connectivity index (χ0v) is 12.9. The zero-order chi connectivity index (χ0) is 13.9. The largest absolute Gasteiger partial charge is 0.381 e. The SMILES string of the molecule is CCCCOCCC(CNCC)c1ccc(Cl)cc1. The molecule has 0 fully saturated rings. The molecule has 0 bridgehead atoms. The van der Waals surface area contributed by atoms with Crippen LogP contribution in [0.3, 0.4) is 0 Å². The molecule has 1 N–H and O–H groups in total. The predicted octanol–water partition coefficient (Wildman–Crippen LogP) is 4.24.